The number of unbranched alkanes of at least 4 members (excludes halogenated alkanes) is 1. The van der Waals surface area contributed by atoms with Crippen molar-refractivity contribution < 1.29 is 0 Å². The van der Waals surface area contributed by atoms with E-state index < -0.39 is 0 Å². The van der Waals surface area contributed by atoms with Gasteiger partial charge in [-0.3, -0.25) is 0 Å². The van der Waals surface area contributed by atoms with Gasteiger partial charge in [0, 0.05) is 18.6 Å². The molecule has 1 saturated heterocycles. The van der Waals surface area contributed by atoms with E-state index >= 15 is 0 Å². The van der Waals surface area contributed by atoms with E-state index in [9.17, 15) is 0 Å². The standard InChI is InChI=1S/C10H22N2/c1-3-4-5-9-6-8(2)10(11)7-12-9/h8-10,12H,3-7,11H2,1-2H3. The summed E-state index contributed by atoms with van der Waals surface area (Å²) in [6.07, 6.45) is 5.24. The molecule has 0 saturated carbocycles. The summed E-state index contributed by atoms with van der Waals surface area (Å²) in [4.78, 5) is 0. The zero-order chi connectivity index (χ0) is 8.97. The summed E-state index contributed by atoms with van der Waals surface area (Å²) in [7, 11) is 0. The van der Waals surface area contributed by atoms with Gasteiger partial charge in [0.1, 0.15) is 0 Å². The van der Waals surface area contributed by atoms with Crippen LogP contribution in [0.25, 0.3) is 0 Å². The highest BCUT2D eigenvalue weighted by atomic mass is 15.0. The molecule has 0 aromatic rings. The Labute approximate surface area is 75.9 Å². The molecular weight excluding hydrogens is 148 g/mol. The summed E-state index contributed by atoms with van der Waals surface area (Å²) in [6, 6.07) is 1.11. The minimum absolute atomic E-state index is 0.378. The maximum absolute atomic E-state index is 5.91. The molecule has 12 heavy (non-hydrogen) atoms. The highest BCUT2D eigenvalue weighted by Gasteiger charge is 2.23. The topological polar surface area (TPSA) is 38.0 Å². The first-order valence-electron chi connectivity index (χ1n) is 5.23. The zero-order valence-electron chi connectivity index (χ0n) is 8.34. The molecule has 0 aromatic carbocycles. The number of nitrogens with one attached hydrogen (secondary N) is 1. The normalized spacial score (nSPS) is 36.8. The van der Waals surface area contributed by atoms with E-state index in [1.54, 1.807) is 0 Å². The quantitative estimate of drug-likeness (QED) is 0.673. The number of hydrogen-bond donors (Lipinski definition) is 2. The van der Waals surface area contributed by atoms with Gasteiger partial charge in [0.15, 0.2) is 0 Å². The lowest BCUT2D eigenvalue weighted by Crippen LogP contribution is -2.50. The Morgan fingerprint density at radius 2 is 2.25 bits per heavy atom. The van der Waals surface area contributed by atoms with Gasteiger partial charge in [0.25, 0.3) is 0 Å². The van der Waals surface area contributed by atoms with E-state index in [0.29, 0.717) is 12.0 Å². The number of hydrogen-bond acceptors (Lipinski definition) is 2. The molecule has 1 heterocycles. The second-order valence-electron chi connectivity index (χ2n) is 4.12. The van der Waals surface area contributed by atoms with Crippen LogP contribution in [-0.2, 0) is 0 Å². The van der Waals surface area contributed by atoms with Crippen molar-refractivity contribution in [3.63, 3.8) is 0 Å². The average molecular weight is 170 g/mol. The van der Waals surface area contributed by atoms with Crippen LogP contribution in [0.3, 0.4) is 0 Å². The van der Waals surface area contributed by atoms with Gasteiger partial charge < -0.3 is 11.1 Å². The van der Waals surface area contributed by atoms with Crippen LogP contribution < -0.4 is 11.1 Å². The largest absolute Gasteiger partial charge is 0.326 e. The Morgan fingerprint density at radius 3 is 2.83 bits per heavy atom. The molecule has 0 bridgehead atoms. The van der Waals surface area contributed by atoms with Crippen molar-refractivity contribution >= 4 is 0 Å². The van der Waals surface area contributed by atoms with Crippen molar-refractivity contribution in [1.29, 1.82) is 0 Å². The van der Waals surface area contributed by atoms with Gasteiger partial charge in [-0.15, -0.1) is 0 Å². The first-order valence-corrected chi connectivity index (χ1v) is 5.23. The van der Waals surface area contributed by atoms with Crippen LogP contribution in [0.15, 0.2) is 0 Å². The third-order valence-electron chi connectivity index (χ3n) is 2.94. The molecule has 3 N–H and O–H groups in total. The molecule has 1 aliphatic rings. The summed E-state index contributed by atoms with van der Waals surface area (Å²) in [5, 5.41) is 3.51. The zero-order valence-corrected chi connectivity index (χ0v) is 8.34. The van der Waals surface area contributed by atoms with Crippen molar-refractivity contribution in [3.8, 4) is 0 Å². The molecule has 2 heteroatoms. The summed E-state index contributed by atoms with van der Waals surface area (Å²) in [6.45, 7) is 5.53. The molecule has 1 fully saturated rings. The van der Waals surface area contributed by atoms with Gasteiger partial charge >= 0.3 is 0 Å². The van der Waals surface area contributed by atoms with Crippen LogP contribution in [-0.4, -0.2) is 18.6 Å². The monoisotopic (exact) mass is 170 g/mol. The van der Waals surface area contributed by atoms with E-state index in [-0.39, 0.29) is 0 Å². The number of piperidine rings is 1. The van der Waals surface area contributed by atoms with Crippen LogP contribution in [0.4, 0.5) is 0 Å². The molecule has 1 rings (SSSR count). The van der Waals surface area contributed by atoms with Gasteiger partial charge in [-0.1, -0.05) is 26.7 Å². The highest BCUT2D eigenvalue weighted by Crippen LogP contribution is 2.17. The van der Waals surface area contributed by atoms with Crippen LogP contribution in [0.1, 0.15) is 39.5 Å². The fourth-order valence-electron chi connectivity index (χ4n) is 1.88. The molecule has 0 amide bonds. The highest BCUT2D eigenvalue weighted by molar-refractivity contribution is 4.84. The van der Waals surface area contributed by atoms with Gasteiger partial charge in [-0.05, 0) is 18.8 Å². The van der Waals surface area contributed by atoms with E-state index in [2.05, 4.69) is 19.2 Å². The van der Waals surface area contributed by atoms with E-state index in [4.69, 9.17) is 5.73 Å². The molecule has 72 valence electrons. The Morgan fingerprint density at radius 1 is 1.50 bits per heavy atom. The Kier molecular flexibility index (Phi) is 4.02. The number of rotatable bonds is 3. The maximum atomic E-state index is 5.91. The minimum atomic E-state index is 0.378. The van der Waals surface area contributed by atoms with Crippen LogP contribution in [0.2, 0.25) is 0 Å². The Balaban J connectivity index is 2.21. The second kappa shape index (κ2) is 4.83. The van der Waals surface area contributed by atoms with Gasteiger partial charge in [-0.2, -0.15) is 0 Å². The molecule has 0 aromatic heterocycles. The second-order valence-corrected chi connectivity index (χ2v) is 4.12. The third kappa shape index (κ3) is 2.76. The Bertz CT molecular complexity index is 123. The fraction of sp³-hybridized carbons (Fsp3) is 1.00. The molecule has 0 radical (unpaired) electrons. The van der Waals surface area contributed by atoms with Crippen molar-refractivity contribution in [3.05, 3.63) is 0 Å². The summed E-state index contributed by atoms with van der Waals surface area (Å²) >= 11 is 0. The molecule has 1 aliphatic heterocycles. The van der Waals surface area contributed by atoms with Crippen molar-refractivity contribution in [2.45, 2.75) is 51.6 Å². The predicted molar refractivity (Wildman–Crippen MR) is 53.1 cm³/mol. The maximum Gasteiger partial charge on any atom is 0.0191 e. The smallest absolute Gasteiger partial charge is 0.0191 e. The molecule has 0 aliphatic carbocycles. The van der Waals surface area contributed by atoms with E-state index in [1.165, 1.54) is 25.7 Å². The lowest BCUT2D eigenvalue weighted by atomic mass is 9.88. The van der Waals surface area contributed by atoms with E-state index in [1.807, 2.05) is 0 Å². The Hall–Kier alpha value is -0.0800. The average Bonchev–Trinajstić information content (AvgIpc) is 2.07. The number of nitrogens with two attached hydrogens (primary N) is 1. The van der Waals surface area contributed by atoms with Crippen molar-refractivity contribution in [2.75, 3.05) is 6.54 Å². The molecular formula is C10H22N2. The minimum Gasteiger partial charge on any atom is -0.326 e. The van der Waals surface area contributed by atoms with Gasteiger partial charge in [-0.25, -0.2) is 0 Å². The summed E-state index contributed by atoms with van der Waals surface area (Å²) in [5.41, 5.74) is 5.91. The first-order chi connectivity index (χ1) is 5.74. The lowest BCUT2D eigenvalue weighted by molar-refractivity contribution is 0.270. The molecule has 3 unspecified atom stereocenters. The third-order valence-corrected chi connectivity index (χ3v) is 2.94. The molecule has 0 spiro atoms. The fourth-order valence-corrected chi connectivity index (χ4v) is 1.88. The van der Waals surface area contributed by atoms with Crippen LogP contribution in [0, 0.1) is 5.92 Å². The molecule has 3 atom stereocenters. The summed E-state index contributed by atoms with van der Waals surface area (Å²) in [5.74, 6) is 0.702. The van der Waals surface area contributed by atoms with Crippen molar-refractivity contribution in [1.82, 2.24) is 5.32 Å². The predicted octanol–water partition coefficient (Wildman–Crippen LogP) is 1.50. The lowest BCUT2D eigenvalue weighted by Gasteiger charge is -2.33. The SMILES string of the molecule is CCCCC1CC(C)C(N)CN1. The van der Waals surface area contributed by atoms with E-state index in [0.717, 1.165) is 12.6 Å². The molecule has 2 nitrogen and oxygen atoms in total. The first kappa shape index (κ1) is 10.0. The van der Waals surface area contributed by atoms with Crippen molar-refractivity contribution in [2.24, 2.45) is 11.7 Å². The van der Waals surface area contributed by atoms with Crippen LogP contribution in [0.5, 0.6) is 0 Å². The summed E-state index contributed by atoms with van der Waals surface area (Å²) < 4.78 is 0. The van der Waals surface area contributed by atoms with Crippen LogP contribution >= 0.6 is 0 Å². The van der Waals surface area contributed by atoms with Gasteiger partial charge in [0.05, 0.1) is 0 Å². The van der Waals surface area contributed by atoms with Gasteiger partial charge in [0.2, 0.25) is 0 Å².